The van der Waals surface area contributed by atoms with Gasteiger partial charge in [0.05, 0.1) is 9.79 Å². The molecule has 0 saturated heterocycles. The van der Waals surface area contributed by atoms with Gasteiger partial charge in [0.15, 0.2) is 0 Å². The first-order chi connectivity index (χ1) is 9.18. The Balaban J connectivity index is 0.00000220. The molecule has 0 amide bonds. The summed E-state index contributed by atoms with van der Waals surface area (Å²) in [5, 5.41) is 0. The molecule has 0 aliphatic rings. The van der Waals surface area contributed by atoms with Gasteiger partial charge in [-0.25, -0.2) is 16.8 Å². The Morgan fingerprint density at radius 3 is 0.955 bits per heavy atom. The molecule has 0 aromatic heterocycles. The number of hydrogen-bond donors (Lipinski definition) is 0. The van der Waals surface area contributed by atoms with Crippen LogP contribution in [0.1, 0.15) is 0 Å². The fourth-order valence-electron chi connectivity index (χ4n) is 1.63. The number of rotatable bonds is 3. The number of benzene rings is 2. The summed E-state index contributed by atoms with van der Waals surface area (Å²) in [4.78, 5) is -0.694. The third kappa shape index (κ3) is 5.72. The second-order valence-electron chi connectivity index (χ2n) is 3.96. The average Bonchev–Trinajstić information content (AvgIpc) is 2.37. The van der Waals surface area contributed by atoms with Gasteiger partial charge in [-0.3, -0.25) is 0 Å². The van der Waals surface area contributed by atoms with Gasteiger partial charge in [-0.15, -0.1) is 0 Å². The van der Waals surface area contributed by atoms with Crippen molar-refractivity contribution < 1.29 is 85.1 Å². The third-order valence-corrected chi connectivity index (χ3v) is 4.32. The van der Waals surface area contributed by atoms with Crippen LogP contribution in [0.4, 0.5) is 0 Å². The summed E-state index contributed by atoms with van der Waals surface area (Å²) in [5.74, 6) is 0. The molecule has 2 aromatic rings. The van der Waals surface area contributed by atoms with E-state index in [1.54, 1.807) is 0 Å². The molecular formula is C12H8Na2O6S2. The van der Waals surface area contributed by atoms with Crippen molar-refractivity contribution in [3.63, 3.8) is 0 Å². The zero-order valence-electron chi connectivity index (χ0n) is 11.9. The molecule has 0 radical (unpaired) electrons. The van der Waals surface area contributed by atoms with Crippen molar-refractivity contribution in [2.45, 2.75) is 9.79 Å². The first kappa shape index (κ1) is 22.3. The summed E-state index contributed by atoms with van der Waals surface area (Å²) in [6.07, 6.45) is 0. The van der Waals surface area contributed by atoms with E-state index < -0.39 is 20.2 Å². The first-order valence-electron chi connectivity index (χ1n) is 5.30. The maximum absolute atomic E-state index is 10.8. The van der Waals surface area contributed by atoms with Gasteiger partial charge < -0.3 is 9.11 Å². The minimum absolute atomic E-state index is 0. The minimum atomic E-state index is -4.50. The van der Waals surface area contributed by atoms with Crippen molar-refractivity contribution in [1.82, 2.24) is 0 Å². The molecule has 22 heavy (non-hydrogen) atoms. The van der Waals surface area contributed by atoms with Crippen LogP contribution in [0.3, 0.4) is 0 Å². The van der Waals surface area contributed by atoms with Gasteiger partial charge >= 0.3 is 59.1 Å². The summed E-state index contributed by atoms with van der Waals surface area (Å²) in [6.45, 7) is 0. The molecule has 106 valence electrons. The van der Waals surface area contributed by atoms with E-state index in [2.05, 4.69) is 0 Å². The molecule has 0 atom stereocenters. The fourth-order valence-corrected chi connectivity index (χ4v) is 2.57. The van der Waals surface area contributed by atoms with Crippen molar-refractivity contribution in [2.24, 2.45) is 0 Å². The molecule has 0 spiro atoms. The summed E-state index contributed by atoms with van der Waals surface area (Å²) in [7, 11) is -9.00. The van der Waals surface area contributed by atoms with Crippen LogP contribution in [0.25, 0.3) is 11.1 Å². The van der Waals surface area contributed by atoms with E-state index in [1.807, 2.05) is 0 Å². The molecule has 0 aliphatic carbocycles. The smallest absolute Gasteiger partial charge is 0.744 e. The molecule has 2 rings (SSSR count). The van der Waals surface area contributed by atoms with E-state index in [0.29, 0.717) is 11.1 Å². The van der Waals surface area contributed by atoms with Crippen molar-refractivity contribution in [3.05, 3.63) is 48.5 Å². The van der Waals surface area contributed by atoms with Gasteiger partial charge in [-0.1, -0.05) is 24.3 Å². The molecule has 10 heteroatoms. The Labute approximate surface area is 173 Å². The van der Waals surface area contributed by atoms with Crippen LogP contribution >= 0.6 is 0 Å². The van der Waals surface area contributed by atoms with Gasteiger partial charge in [-0.2, -0.15) is 0 Å². The van der Waals surface area contributed by atoms with Crippen LogP contribution < -0.4 is 59.1 Å². The maximum atomic E-state index is 10.8. The summed E-state index contributed by atoms with van der Waals surface area (Å²) >= 11 is 0. The molecule has 6 nitrogen and oxygen atoms in total. The summed E-state index contributed by atoms with van der Waals surface area (Å²) in [5.41, 5.74) is 1.18. The molecule has 2 aromatic carbocycles. The Morgan fingerprint density at radius 2 is 0.773 bits per heavy atom. The van der Waals surface area contributed by atoms with Gasteiger partial charge in [0, 0.05) is 0 Å². The molecular weight excluding hydrogens is 350 g/mol. The average molecular weight is 358 g/mol. The van der Waals surface area contributed by atoms with Crippen LogP contribution in [0, 0.1) is 0 Å². The molecule has 0 aliphatic heterocycles. The standard InChI is InChI=1S/C12H10O6S2.2Na/c13-19(14,15)11-5-1-9(2-6-11)10-3-7-12(8-4-10)20(16,17)18;;/h1-8H,(H,13,14,15)(H,16,17,18);;/q;2*+1/p-2. The monoisotopic (exact) mass is 358 g/mol. The first-order valence-corrected chi connectivity index (χ1v) is 8.12. The summed E-state index contributed by atoms with van der Waals surface area (Å²) < 4.78 is 64.7. The molecule has 0 heterocycles. The van der Waals surface area contributed by atoms with Crippen LogP contribution in [-0.4, -0.2) is 25.9 Å². The van der Waals surface area contributed by atoms with E-state index in [0.717, 1.165) is 24.3 Å². The molecule has 0 N–H and O–H groups in total. The van der Waals surface area contributed by atoms with Gasteiger partial charge in [0.25, 0.3) is 0 Å². The van der Waals surface area contributed by atoms with Crippen molar-refractivity contribution in [3.8, 4) is 11.1 Å². The van der Waals surface area contributed by atoms with E-state index in [-0.39, 0.29) is 68.9 Å². The Hall–Kier alpha value is 0.260. The molecule has 0 bridgehead atoms. The largest absolute Gasteiger partial charge is 1.00 e. The van der Waals surface area contributed by atoms with E-state index in [4.69, 9.17) is 0 Å². The van der Waals surface area contributed by atoms with Crippen molar-refractivity contribution in [2.75, 3.05) is 0 Å². The van der Waals surface area contributed by atoms with Crippen molar-refractivity contribution in [1.29, 1.82) is 0 Å². The third-order valence-electron chi connectivity index (χ3n) is 2.62. The van der Waals surface area contributed by atoms with Crippen LogP contribution in [0.15, 0.2) is 58.3 Å². The van der Waals surface area contributed by atoms with Gasteiger partial charge in [0.2, 0.25) is 0 Å². The van der Waals surface area contributed by atoms with Crippen LogP contribution in [0.5, 0.6) is 0 Å². The maximum Gasteiger partial charge on any atom is 1.00 e. The quantitative estimate of drug-likeness (QED) is 0.402. The van der Waals surface area contributed by atoms with Crippen molar-refractivity contribution >= 4 is 20.2 Å². The summed E-state index contributed by atoms with van der Waals surface area (Å²) in [6, 6.07) is 10.3. The minimum Gasteiger partial charge on any atom is -0.744 e. The predicted molar refractivity (Wildman–Crippen MR) is 67.8 cm³/mol. The van der Waals surface area contributed by atoms with E-state index in [1.165, 1.54) is 24.3 Å². The van der Waals surface area contributed by atoms with Crippen LogP contribution in [-0.2, 0) is 20.2 Å². The van der Waals surface area contributed by atoms with E-state index in [9.17, 15) is 25.9 Å². The second kappa shape index (κ2) is 8.39. The Morgan fingerprint density at radius 1 is 0.545 bits per heavy atom. The van der Waals surface area contributed by atoms with Crippen LogP contribution in [0.2, 0.25) is 0 Å². The SMILES string of the molecule is O=S(=O)([O-])c1ccc(-c2ccc(S(=O)(=O)[O-])cc2)cc1.[Na+].[Na+]. The Bertz CT molecular complexity index is 755. The normalized spacial score (nSPS) is 11.2. The van der Waals surface area contributed by atoms with Gasteiger partial charge in [-0.05, 0) is 35.4 Å². The van der Waals surface area contributed by atoms with E-state index >= 15 is 0 Å². The Kier molecular flexibility index (Phi) is 8.48. The molecule has 0 unspecified atom stereocenters. The fraction of sp³-hybridized carbons (Fsp3) is 0. The zero-order valence-corrected chi connectivity index (χ0v) is 17.5. The zero-order chi connectivity index (χ0) is 15.0. The second-order valence-corrected chi connectivity index (χ2v) is 6.72. The predicted octanol–water partition coefficient (Wildman–Crippen LogP) is -4.83. The van der Waals surface area contributed by atoms with Gasteiger partial charge in [0.1, 0.15) is 20.2 Å². The molecule has 0 saturated carbocycles. The number of hydrogen-bond acceptors (Lipinski definition) is 6. The molecule has 0 fully saturated rings. The topological polar surface area (TPSA) is 114 Å².